The topological polar surface area (TPSA) is 17.1 Å². The van der Waals surface area contributed by atoms with Crippen molar-refractivity contribution in [2.24, 2.45) is 23.7 Å². The Kier molecular flexibility index (Phi) is 4.82. The van der Waals surface area contributed by atoms with E-state index >= 15 is 0 Å². The van der Waals surface area contributed by atoms with Crippen molar-refractivity contribution in [2.75, 3.05) is 0 Å². The Morgan fingerprint density at radius 3 is 2.40 bits per heavy atom. The lowest BCUT2D eigenvalue weighted by molar-refractivity contribution is -0.117. The second-order valence-corrected chi connectivity index (χ2v) is 5.83. The van der Waals surface area contributed by atoms with Gasteiger partial charge in [0, 0.05) is 6.42 Å². The summed E-state index contributed by atoms with van der Waals surface area (Å²) in [5.41, 5.74) is 0. The van der Waals surface area contributed by atoms with E-state index in [9.17, 15) is 4.79 Å². The van der Waals surface area contributed by atoms with E-state index in [-0.39, 0.29) is 0 Å². The molecule has 1 fully saturated rings. The van der Waals surface area contributed by atoms with Gasteiger partial charge in [0.2, 0.25) is 0 Å². The van der Waals surface area contributed by atoms with Gasteiger partial charge in [0.25, 0.3) is 0 Å². The summed E-state index contributed by atoms with van der Waals surface area (Å²) >= 11 is 0. The van der Waals surface area contributed by atoms with E-state index in [0.717, 1.165) is 36.5 Å². The first kappa shape index (κ1) is 12.7. The van der Waals surface area contributed by atoms with Crippen LogP contribution >= 0.6 is 0 Å². The molecule has 1 aliphatic carbocycles. The fraction of sp³-hybridized carbons (Fsp3) is 0.929. The summed E-state index contributed by atoms with van der Waals surface area (Å²) in [4.78, 5) is 11.1. The summed E-state index contributed by atoms with van der Waals surface area (Å²) < 4.78 is 0. The molecule has 1 heteroatoms. The average Bonchev–Trinajstić information content (AvgIpc) is 2.51. The lowest BCUT2D eigenvalue weighted by atomic mass is 9.78. The smallest absolute Gasteiger partial charge is 0.129 e. The minimum Gasteiger partial charge on any atom is -0.300 e. The lowest BCUT2D eigenvalue weighted by Crippen LogP contribution is -2.19. The van der Waals surface area contributed by atoms with E-state index in [0.29, 0.717) is 5.78 Å². The van der Waals surface area contributed by atoms with Gasteiger partial charge in [-0.3, -0.25) is 0 Å². The normalized spacial score (nSPS) is 28.3. The van der Waals surface area contributed by atoms with E-state index in [1.165, 1.54) is 19.3 Å². The third kappa shape index (κ3) is 3.96. The molecule has 1 nitrogen and oxygen atoms in total. The van der Waals surface area contributed by atoms with Gasteiger partial charge in [-0.15, -0.1) is 0 Å². The Labute approximate surface area is 94.6 Å². The third-order valence-corrected chi connectivity index (χ3v) is 4.03. The zero-order valence-electron chi connectivity index (χ0n) is 10.8. The monoisotopic (exact) mass is 210 g/mol. The fourth-order valence-corrected chi connectivity index (χ4v) is 3.12. The maximum atomic E-state index is 11.1. The first-order valence-corrected chi connectivity index (χ1v) is 6.50. The highest BCUT2D eigenvalue weighted by Gasteiger charge is 2.30. The molecule has 0 bridgehead atoms. The quantitative estimate of drug-likeness (QED) is 0.668. The van der Waals surface area contributed by atoms with Crippen molar-refractivity contribution in [3.8, 4) is 0 Å². The van der Waals surface area contributed by atoms with Crippen LogP contribution in [0, 0.1) is 23.7 Å². The molecule has 0 aromatic heterocycles. The molecule has 3 atom stereocenters. The third-order valence-electron chi connectivity index (χ3n) is 4.03. The van der Waals surface area contributed by atoms with Crippen LogP contribution in [-0.4, -0.2) is 5.78 Å². The predicted molar refractivity (Wildman–Crippen MR) is 64.7 cm³/mol. The van der Waals surface area contributed by atoms with Crippen LogP contribution in [0.2, 0.25) is 0 Å². The minimum absolute atomic E-state index is 0.353. The summed E-state index contributed by atoms with van der Waals surface area (Å²) in [5, 5.41) is 0. The first-order chi connectivity index (χ1) is 7.00. The molecule has 0 radical (unpaired) electrons. The van der Waals surface area contributed by atoms with Gasteiger partial charge in [-0.1, -0.05) is 27.2 Å². The molecule has 0 heterocycles. The molecular formula is C14H26O. The first-order valence-electron chi connectivity index (χ1n) is 6.50. The standard InChI is InChI=1S/C14H26O/c1-10(2)14(8-6-12(4)15)13-7-5-11(3)9-13/h10-11,13-14H,5-9H2,1-4H3. The maximum absolute atomic E-state index is 11.1. The average molecular weight is 210 g/mol. The SMILES string of the molecule is CC(=O)CCC(C(C)C)C1CCC(C)C1. The Hall–Kier alpha value is -0.330. The van der Waals surface area contributed by atoms with E-state index < -0.39 is 0 Å². The Morgan fingerprint density at radius 1 is 1.33 bits per heavy atom. The van der Waals surface area contributed by atoms with Gasteiger partial charge in [0.15, 0.2) is 0 Å². The van der Waals surface area contributed by atoms with Crippen LogP contribution in [0.4, 0.5) is 0 Å². The van der Waals surface area contributed by atoms with Crippen LogP contribution in [0.1, 0.15) is 59.8 Å². The van der Waals surface area contributed by atoms with Crippen LogP contribution in [-0.2, 0) is 4.79 Å². The number of hydrogen-bond acceptors (Lipinski definition) is 1. The van der Waals surface area contributed by atoms with Gasteiger partial charge in [-0.2, -0.15) is 0 Å². The molecule has 0 aliphatic heterocycles. The number of rotatable bonds is 5. The van der Waals surface area contributed by atoms with Crippen molar-refractivity contribution < 1.29 is 4.79 Å². The zero-order valence-corrected chi connectivity index (χ0v) is 10.8. The second kappa shape index (κ2) is 5.67. The molecular weight excluding hydrogens is 184 g/mol. The van der Waals surface area contributed by atoms with Crippen molar-refractivity contribution in [2.45, 2.75) is 59.8 Å². The van der Waals surface area contributed by atoms with E-state index in [1.807, 2.05) is 0 Å². The molecule has 88 valence electrons. The minimum atomic E-state index is 0.353. The highest BCUT2D eigenvalue weighted by Crippen LogP contribution is 2.40. The van der Waals surface area contributed by atoms with Crippen LogP contribution in [0.15, 0.2) is 0 Å². The van der Waals surface area contributed by atoms with Gasteiger partial charge in [-0.25, -0.2) is 0 Å². The molecule has 3 unspecified atom stereocenters. The van der Waals surface area contributed by atoms with Crippen molar-refractivity contribution in [3.05, 3.63) is 0 Å². The summed E-state index contributed by atoms with van der Waals surface area (Å²) in [6.45, 7) is 8.71. The van der Waals surface area contributed by atoms with Gasteiger partial charge in [-0.05, 0) is 49.9 Å². The molecule has 0 saturated heterocycles. The molecule has 0 amide bonds. The van der Waals surface area contributed by atoms with Crippen molar-refractivity contribution in [1.82, 2.24) is 0 Å². The Morgan fingerprint density at radius 2 is 2.00 bits per heavy atom. The van der Waals surface area contributed by atoms with Crippen LogP contribution < -0.4 is 0 Å². The van der Waals surface area contributed by atoms with Crippen molar-refractivity contribution in [1.29, 1.82) is 0 Å². The lowest BCUT2D eigenvalue weighted by Gasteiger charge is -2.27. The molecule has 1 rings (SSSR count). The molecule has 0 spiro atoms. The zero-order chi connectivity index (χ0) is 11.4. The molecule has 0 aromatic rings. The molecule has 0 aromatic carbocycles. The molecule has 1 saturated carbocycles. The van der Waals surface area contributed by atoms with Gasteiger partial charge in [0.1, 0.15) is 5.78 Å². The van der Waals surface area contributed by atoms with E-state index in [4.69, 9.17) is 0 Å². The Bertz CT molecular complexity index is 207. The number of carbonyl (C=O) groups is 1. The second-order valence-electron chi connectivity index (χ2n) is 5.83. The molecule has 0 N–H and O–H groups in total. The molecule has 1 aliphatic rings. The van der Waals surface area contributed by atoms with Crippen molar-refractivity contribution in [3.63, 3.8) is 0 Å². The largest absolute Gasteiger partial charge is 0.300 e. The summed E-state index contributed by atoms with van der Waals surface area (Å²) in [5.74, 6) is 3.66. The van der Waals surface area contributed by atoms with E-state index in [1.54, 1.807) is 6.92 Å². The highest BCUT2D eigenvalue weighted by molar-refractivity contribution is 5.75. The number of carbonyl (C=O) groups excluding carboxylic acids is 1. The van der Waals surface area contributed by atoms with Crippen LogP contribution in [0.3, 0.4) is 0 Å². The number of hydrogen-bond donors (Lipinski definition) is 0. The fourth-order valence-electron chi connectivity index (χ4n) is 3.12. The van der Waals surface area contributed by atoms with Gasteiger partial charge < -0.3 is 4.79 Å². The highest BCUT2D eigenvalue weighted by atomic mass is 16.1. The van der Waals surface area contributed by atoms with Crippen molar-refractivity contribution >= 4 is 5.78 Å². The number of Topliss-reactive ketones (excluding diaryl/α,β-unsaturated/α-hetero) is 1. The number of ketones is 1. The van der Waals surface area contributed by atoms with Gasteiger partial charge in [0.05, 0.1) is 0 Å². The summed E-state index contributed by atoms with van der Waals surface area (Å²) in [6.07, 6.45) is 6.08. The molecule has 15 heavy (non-hydrogen) atoms. The van der Waals surface area contributed by atoms with Crippen LogP contribution in [0.25, 0.3) is 0 Å². The Balaban J connectivity index is 2.46. The van der Waals surface area contributed by atoms with Gasteiger partial charge >= 0.3 is 0 Å². The predicted octanol–water partition coefficient (Wildman–Crippen LogP) is 4.06. The summed E-state index contributed by atoms with van der Waals surface area (Å²) in [7, 11) is 0. The van der Waals surface area contributed by atoms with E-state index in [2.05, 4.69) is 20.8 Å². The summed E-state index contributed by atoms with van der Waals surface area (Å²) in [6, 6.07) is 0. The van der Waals surface area contributed by atoms with Crippen LogP contribution in [0.5, 0.6) is 0 Å². The maximum Gasteiger partial charge on any atom is 0.129 e.